The molecule has 2 heteroatoms. The molecule has 0 saturated carbocycles. The van der Waals surface area contributed by atoms with Crippen LogP contribution in [0.4, 0.5) is 5.82 Å². The monoisotopic (exact) mass is 158 g/mol. The summed E-state index contributed by atoms with van der Waals surface area (Å²) in [6.07, 6.45) is 6.77. The lowest BCUT2D eigenvalue weighted by Crippen LogP contribution is -1.87. The summed E-state index contributed by atoms with van der Waals surface area (Å²) in [6.45, 7) is 1.98. The predicted molar refractivity (Wildman–Crippen MR) is 50.0 cm³/mol. The lowest BCUT2D eigenvalue weighted by molar-refractivity contribution is 1.12. The Balaban J connectivity index is 2.53. The summed E-state index contributed by atoms with van der Waals surface area (Å²) in [5.74, 6) is 0.861. The molecule has 1 aromatic heterocycles. The number of hydrogen-bond donors (Lipinski definition) is 0. The first-order valence-corrected chi connectivity index (χ1v) is 4.02. The molecule has 0 bridgehead atoms. The van der Waals surface area contributed by atoms with Crippen LogP contribution in [0.2, 0.25) is 0 Å². The van der Waals surface area contributed by atoms with Crippen molar-refractivity contribution in [3.63, 3.8) is 0 Å². The zero-order valence-corrected chi connectivity index (χ0v) is 6.99. The molecule has 0 radical (unpaired) electrons. The van der Waals surface area contributed by atoms with Crippen LogP contribution in [0.3, 0.4) is 0 Å². The second-order valence-electron chi connectivity index (χ2n) is 2.85. The summed E-state index contributed by atoms with van der Waals surface area (Å²) in [5, 5.41) is 0. The average molecular weight is 158 g/mol. The third-order valence-electron chi connectivity index (χ3n) is 1.85. The number of aryl methyl sites for hydroxylation is 1. The molecule has 0 atom stereocenters. The highest BCUT2D eigenvalue weighted by molar-refractivity contribution is 5.75. The van der Waals surface area contributed by atoms with Gasteiger partial charge in [0.05, 0.1) is 0 Å². The van der Waals surface area contributed by atoms with Crippen molar-refractivity contribution in [2.45, 2.75) is 13.3 Å². The molecule has 0 amide bonds. The van der Waals surface area contributed by atoms with Gasteiger partial charge in [-0.2, -0.15) is 0 Å². The summed E-state index contributed by atoms with van der Waals surface area (Å²) in [4.78, 5) is 8.56. The Hall–Kier alpha value is -1.44. The molecular weight excluding hydrogens is 148 g/mol. The smallest absolute Gasteiger partial charge is 0.155 e. The lowest BCUT2D eigenvalue weighted by Gasteiger charge is -2.00. The molecule has 0 aliphatic carbocycles. The van der Waals surface area contributed by atoms with Crippen LogP contribution >= 0.6 is 0 Å². The van der Waals surface area contributed by atoms with Gasteiger partial charge < -0.3 is 0 Å². The molecule has 12 heavy (non-hydrogen) atoms. The van der Waals surface area contributed by atoms with Gasteiger partial charge in [0.25, 0.3) is 0 Å². The van der Waals surface area contributed by atoms with E-state index in [4.69, 9.17) is 0 Å². The fraction of sp³-hybridized carbons (Fsp3) is 0.200. The van der Waals surface area contributed by atoms with Crippen LogP contribution in [-0.2, 0) is 6.42 Å². The number of rotatable bonds is 0. The largest absolute Gasteiger partial charge is 0.237 e. The molecule has 0 fully saturated rings. The zero-order chi connectivity index (χ0) is 8.39. The Labute approximate surface area is 71.7 Å². The van der Waals surface area contributed by atoms with E-state index < -0.39 is 0 Å². The normalized spacial score (nSPS) is 14.1. The van der Waals surface area contributed by atoms with E-state index in [1.165, 1.54) is 5.56 Å². The molecule has 2 heterocycles. The Morgan fingerprint density at radius 3 is 3.17 bits per heavy atom. The van der Waals surface area contributed by atoms with Gasteiger partial charge in [0.2, 0.25) is 0 Å². The van der Waals surface area contributed by atoms with Crippen molar-refractivity contribution in [1.82, 2.24) is 4.98 Å². The third-order valence-corrected chi connectivity index (χ3v) is 1.85. The average Bonchev–Trinajstić information content (AvgIpc) is 2.28. The van der Waals surface area contributed by atoms with Crippen LogP contribution in [0.1, 0.15) is 11.3 Å². The van der Waals surface area contributed by atoms with E-state index in [0.717, 1.165) is 17.9 Å². The molecule has 0 N–H and O–H groups in total. The molecule has 60 valence electrons. The van der Waals surface area contributed by atoms with Gasteiger partial charge in [0.1, 0.15) is 0 Å². The second kappa shape index (κ2) is 2.89. The highest BCUT2D eigenvalue weighted by Gasteiger charge is 2.02. The standard InChI is InChI=1S/C10H10N2/c1-8-5-6-9-4-2-3-7-11-10(9)12-8/h2-3,5-7H,4H2,1H3. The SMILES string of the molecule is Cc1ccc2c(n1)N=CC=CC2. The van der Waals surface area contributed by atoms with E-state index in [-0.39, 0.29) is 0 Å². The van der Waals surface area contributed by atoms with Crippen LogP contribution < -0.4 is 0 Å². The molecule has 1 aliphatic heterocycles. The molecule has 2 nitrogen and oxygen atoms in total. The van der Waals surface area contributed by atoms with Crippen LogP contribution in [0, 0.1) is 6.92 Å². The molecule has 0 saturated heterocycles. The summed E-state index contributed by atoms with van der Waals surface area (Å²) in [7, 11) is 0. The maximum absolute atomic E-state index is 4.34. The third kappa shape index (κ3) is 1.28. The van der Waals surface area contributed by atoms with E-state index in [0.29, 0.717) is 0 Å². The number of aromatic nitrogens is 1. The van der Waals surface area contributed by atoms with Gasteiger partial charge in [0, 0.05) is 17.5 Å². The molecule has 0 aromatic carbocycles. The lowest BCUT2D eigenvalue weighted by atomic mass is 10.2. The van der Waals surface area contributed by atoms with Crippen LogP contribution in [0.25, 0.3) is 0 Å². The van der Waals surface area contributed by atoms with Crippen molar-refractivity contribution >= 4 is 12.0 Å². The summed E-state index contributed by atoms with van der Waals surface area (Å²) in [5.41, 5.74) is 2.22. The van der Waals surface area contributed by atoms with Crippen molar-refractivity contribution in [2.75, 3.05) is 0 Å². The van der Waals surface area contributed by atoms with Crippen LogP contribution in [0.15, 0.2) is 29.3 Å². The zero-order valence-electron chi connectivity index (χ0n) is 6.99. The Morgan fingerprint density at radius 2 is 2.25 bits per heavy atom. The number of allylic oxidation sites excluding steroid dienone is 2. The van der Waals surface area contributed by atoms with Gasteiger partial charge >= 0.3 is 0 Å². The Bertz CT molecular complexity index is 351. The van der Waals surface area contributed by atoms with Crippen molar-refractivity contribution in [2.24, 2.45) is 4.99 Å². The highest BCUT2D eigenvalue weighted by atomic mass is 14.9. The highest BCUT2D eigenvalue weighted by Crippen LogP contribution is 2.18. The maximum atomic E-state index is 4.34. The minimum absolute atomic E-state index is 0.861. The van der Waals surface area contributed by atoms with Gasteiger partial charge in [-0.3, -0.25) is 0 Å². The van der Waals surface area contributed by atoms with Gasteiger partial charge in [-0.05, 0) is 25.5 Å². The van der Waals surface area contributed by atoms with Gasteiger partial charge in [-0.1, -0.05) is 12.1 Å². The second-order valence-corrected chi connectivity index (χ2v) is 2.85. The van der Waals surface area contributed by atoms with Gasteiger partial charge in [0.15, 0.2) is 5.82 Å². The topological polar surface area (TPSA) is 25.2 Å². The molecule has 2 rings (SSSR count). The number of pyridine rings is 1. The van der Waals surface area contributed by atoms with E-state index in [2.05, 4.69) is 22.1 Å². The fourth-order valence-corrected chi connectivity index (χ4v) is 1.21. The number of fused-ring (bicyclic) bond motifs is 1. The van der Waals surface area contributed by atoms with Crippen LogP contribution in [-0.4, -0.2) is 11.2 Å². The maximum Gasteiger partial charge on any atom is 0.155 e. The van der Waals surface area contributed by atoms with Crippen molar-refractivity contribution in [1.29, 1.82) is 0 Å². The van der Waals surface area contributed by atoms with E-state index in [9.17, 15) is 0 Å². The molecule has 0 unspecified atom stereocenters. The minimum atomic E-state index is 0.861. The predicted octanol–water partition coefficient (Wildman–Crippen LogP) is 2.20. The van der Waals surface area contributed by atoms with Crippen molar-refractivity contribution in [3.8, 4) is 0 Å². The van der Waals surface area contributed by atoms with E-state index in [1.807, 2.05) is 19.1 Å². The first kappa shape index (κ1) is 7.22. The van der Waals surface area contributed by atoms with E-state index >= 15 is 0 Å². The Kier molecular flexibility index (Phi) is 1.74. The van der Waals surface area contributed by atoms with Crippen LogP contribution in [0.5, 0.6) is 0 Å². The molecular formula is C10H10N2. The van der Waals surface area contributed by atoms with Crippen molar-refractivity contribution in [3.05, 3.63) is 35.5 Å². The summed E-state index contributed by atoms with van der Waals surface area (Å²) < 4.78 is 0. The number of hydrogen-bond acceptors (Lipinski definition) is 2. The minimum Gasteiger partial charge on any atom is -0.237 e. The Morgan fingerprint density at radius 1 is 1.33 bits per heavy atom. The van der Waals surface area contributed by atoms with Gasteiger partial charge in [-0.15, -0.1) is 0 Å². The number of nitrogens with zero attached hydrogens (tertiary/aromatic N) is 2. The van der Waals surface area contributed by atoms with Gasteiger partial charge in [-0.25, -0.2) is 9.98 Å². The first-order chi connectivity index (χ1) is 5.86. The summed E-state index contributed by atoms with van der Waals surface area (Å²) >= 11 is 0. The van der Waals surface area contributed by atoms with Crippen molar-refractivity contribution < 1.29 is 0 Å². The quantitative estimate of drug-likeness (QED) is 0.568. The molecule has 0 spiro atoms. The first-order valence-electron chi connectivity index (χ1n) is 4.02. The fourth-order valence-electron chi connectivity index (χ4n) is 1.21. The molecule has 1 aromatic rings. The molecule has 1 aliphatic rings. The summed E-state index contributed by atoms with van der Waals surface area (Å²) in [6, 6.07) is 4.11. The number of aliphatic imine (C=N–C) groups is 1. The van der Waals surface area contributed by atoms with E-state index in [1.54, 1.807) is 6.21 Å².